The third-order valence-corrected chi connectivity index (χ3v) is 2.36. The van der Waals surface area contributed by atoms with Crippen LogP contribution in [0, 0.1) is 6.92 Å². The summed E-state index contributed by atoms with van der Waals surface area (Å²) in [5, 5.41) is 2.88. The molecular weight excluding hydrogens is 198 g/mol. The molecule has 0 aromatic heterocycles. The van der Waals surface area contributed by atoms with Crippen LogP contribution in [-0.2, 0) is 0 Å². The Morgan fingerprint density at radius 3 is 2.69 bits per heavy atom. The summed E-state index contributed by atoms with van der Waals surface area (Å²) >= 11 is 0. The SMILES string of the molecule is C=C/C=C(\CC)NC(=O)c1ccccc1C. The van der Waals surface area contributed by atoms with Gasteiger partial charge in [0, 0.05) is 11.3 Å². The van der Waals surface area contributed by atoms with Crippen LogP contribution in [0.1, 0.15) is 29.3 Å². The Bertz CT molecular complexity index is 418. The highest BCUT2D eigenvalue weighted by Crippen LogP contribution is 2.08. The first-order valence-electron chi connectivity index (χ1n) is 5.37. The first-order chi connectivity index (χ1) is 7.69. The minimum atomic E-state index is -0.0620. The number of carbonyl (C=O) groups excluding carboxylic acids is 1. The summed E-state index contributed by atoms with van der Waals surface area (Å²) in [7, 11) is 0. The van der Waals surface area contributed by atoms with Crippen LogP contribution in [0.25, 0.3) is 0 Å². The second kappa shape index (κ2) is 5.91. The molecule has 0 saturated carbocycles. The van der Waals surface area contributed by atoms with Gasteiger partial charge in [0.05, 0.1) is 0 Å². The highest BCUT2D eigenvalue weighted by atomic mass is 16.1. The Morgan fingerprint density at radius 1 is 1.44 bits per heavy atom. The van der Waals surface area contributed by atoms with E-state index >= 15 is 0 Å². The third kappa shape index (κ3) is 3.09. The highest BCUT2D eigenvalue weighted by Gasteiger charge is 2.08. The minimum Gasteiger partial charge on any atom is -0.326 e. The van der Waals surface area contributed by atoms with Crippen molar-refractivity contribution in [2.45, 2.75) is 20.3 Å². The smallest absolute Gasteiger partial charge is 0.255 e. The largest absolute Gasteiger partial charge is 0.326 e. The second-order valence-corrected chi connectivity index (χ2v) is 3.55. The van der Waals surface area contributed by atoms with Crippen molar-refractivity contribution < 1.29 is 4.79 Å². The number of allylic oxidation sites excluding steroid dienone is 3. The van der Waals surface area contributed by atoms with E-state index in [2.05, 4.69) is 11.9 Å². The van der Waals surface area contributed by atoms with Gasteiger partial charge in [-0.15, -0.1) is 0 Å². The molecule has 0 heterocycles. The van der Waals surface area contributed by atoms with Gasteiger partial charge in [0.1, 0.15) is 0 Å². The predicted octanol–water partition coefficient (Wildman–Crippen LogP) is 3.20. The fourth-order valence-electron chi connectivity index (χ4n) is 1.43. The van der Waals surface area contributed by atoms with Crippen molar-refractivity contribution in [3.8, 4) is 0 Å². The van der Waals surface area contributed by atoms with Crippen LogP contribution in [0.5, 0.6) is 0 Å². The number of amides is 1. The van der Waals surface area contributed by atoms with Crippen LogP contribution in [0.4, 0.5) is 0 Å². The number of hydrogen-bond acceptors (Lipinski definition) is 1. The molecule has 1 aromatic rings. The topological polar surface area (TPSA) is 29.1 Å². The summed E-state index contributed by atoms with van der Waals surface area (Å²) in [6, 6.07) is 7.54. The number of nitrogens with one attached hydrogen (secondary N) is 1. The zero-order valence-electron chi connectivity index (χ0n) is 9.79. The lowest BCUT2D eigenvalue weighted by Gasteiger charge is -2.08. The molecule has 1 amide bonds. The molecule has 0 radical (unpaired) electrons. The van der Waals surface area contributed by atoms with Gasteiger partial charge in [-0.1, -0.05) is 37.8 Å². The normalized spacial score (nSPS) is 11.0. The van der Waals surface area contributed by atoms with E-state index in [9.17, 15) is 4.79 Å². The van der Waals surface area contributed by atoms with Crippen LogP contribution in [0.3, 0.4) is 0 Å². The van der Waals surface area contributed by atoms with Gasteiger partial charge in [-0.05, 0) is 31.1 Å². The molecule has 2 heteroatoms. The van der Waals surface area contributed by atoms with E-state index in [-0.39, 0.29) is 5.91 Å². The summed E-state index contributed by atoms with van der Waals surface area (Å²) in [5.74, 6) is -0.0620. The van der Waals surface area contributed by atoms with Gasteiger partial charge < -0.3 is 5.32 Å². The molecule has 84 valence electrons. The number of benzene rings is 1. The molecule has 0 unspecified atom stereocenters. The van der Waals surface area contributed by atoms with Crippen molar-refractivity contribution >= 4 is 5.91 Å². The Hall–Kier alpha value is -1.83. The summed E-state index contributed by atoms with van der Waals surface area (Å²) in [5.41, 5.74) is 2.57. The monoisotopic (exact) mass is 215 g/mol. The number of rotatable bonds is 4. The second-order valence-electron chi connectivity index (χ2n) is 3.55. The average molecular weight is 215 g/mol. The van der Waals surface area contributed by atoms with E-state index in [1.807, 2.05) is 44.2 Å². The Balaban J connectivity index is 2.84. The molecule has 0 aliphatic heterocycles. The number of hydrogen-bond donors (Lipinski definition) is 1. The average Bonchev–Trinajstić information content (AvgIpc) is 2.28. The first kappa shape index (κ1) is 12.2. The maximum atomic E-state index is 11.9. The molecular formula is C14H17NO. The van der Waals surface area contributed by atoms with Crippen molar-refractivity contribution in [1.29, 1.82) is 0 Å². The summed E-state index contributed by atoms with van der Waals surface area (Å²) in [6.45, 7) is 7.54. The van der Waals surface area contributed by atoms with E-state index in [1.54, 1.807) is 6.08 Å². The van der Waals surface area contributed by atoms with Crippen LogP contribution < -0.4 is 5.32 Å². The first-order valence-corrected chi connectivity index (χ1v) is 5.37. The lowest BCUT2D eigenvalue weighted by Crippen LogP contribution is -2.23. The highest BCUT2D eigenvalue weighted by molar-refractivity contribution is 5.96. The maximum Gasteiger partial charge on any atom is 0.255 e. The van der Waals surface area contributed by atoms with E-state index in [0.29, 0.717) is 5.56 Å². The Kier molecular flexibility index (Phi) is 4.52. The quantitative estimate of drug-likeness (QED) is 0.768. The van der Waals surface area contributed by atoms with Gasteiger partial charge in [0.25, 0.3) is 5.91 Å². The van der Waals surface area contributed by atoms with Crippen LogP contribution >= 0.6 is 0 Å². The predicted molar refractivity (Wildman–Crippen MR) is 67.2 cm³/mol. The molecule has 0 aliphatic rings. The van der Waals surface area contributed by atoms with Gasteiger partial charge in [-0.3, -0.25) is 4.79 Å². The molecule has 0 fully saturated rings. The Labute approximate surface area is 96.7 Å². The van der Waals surface area contributed by atoms with Crippen LogP contribution in [-0.4, -0.2) is 5.91 Å². The Morgan fingerprint density at radius 2 is 2.12 bits per heavy atom. The van der Waals surface area contributed by atoms with Crippen LogP contribution in [0.15, 0.2) is 48.7 Å². The molecule has 0 saturated heterocycles. The molecule has 0 atom stereocenters. The molecule has 2 nitrogen and oxygen atoms in total. The van der Waals surface area contributed by atoms with Gasteiger partial charge in [0.15, 0.2) is 0 Å². The lowest BCUT2D eigenvalue weighted by atomic mass is 10.1. The molecule has 1 N–H and O–H groups in total. The minimum absolute atomic E-state index is 0.0620. The van der Waals surface area contributed by atoms with Crippen molar-refractivity contribution in [2.75, 3.05) is 0 Å². The van der Waals surface area contributed by atoms with E-state index in [0.717, 1.165) is 17.7 Å². The van der Waals surface area contributed by atoms with Gasteiger partial charge >= 0.3 is 0 Å². The molecule has 0 bridgehead atoms. The zero-order chi connectivity index (χ0) is 12.0. The zero-order valence-corrected chi connectivity index (χ0v) is 9.79. The standard InChI is InChI=1S/C14H17NO/c1-4-8-12(5-2)15-14(16)13-10-7-6-9-11(13)3/h4,6-10H,1,5H2,2-3H3,(H,15,16)/b12-8+. The van der Waals surface area contributed by atoms with Crippen LogP contribution in [0.2, 0.25) is 0 Å². The van der Waals surface area contributed by atoms with Crippen molar-refractivity contribution in [3.05, 3.63) is 59.8 Å². The molecule has 16 heavy (non-hydrogen) atoms. The summed E-state index contributed by atoms with van der Waals surface area (Å²) < 4.78 is 0. The van der Waals surface area contributed by atoms with E-state index < -0.39 is 0 Å². The van der Waals surface area contributed by atoms with Gasteiger partial charge in [0.2, 0.25) is 0 Å². The van der Waals surface area contributed by atoms with E-state index in [4.69, 9.17) is 0 Å². The van der Waals surface area contributed by atoms with Crippen molar-refractivity contribution in [1.82, 2.24) is 5.32 Å². The fourth-order valence-corrected chi connectivity index (χ4v) is 1.43. The van der Waals surface area contributed by atoms with Crippen molar-refractivity contribution in [2.24, 2.45) is 0 Å². The summed E-state index contributed by atoms with van der Waals surface area (Å²) in [6.07, 6.45) is 4.27. The third-order valence-electron chi connectivity index (χ3n) is 2.36. The molecule has 1 aromatic carbocycles. The van der Waals surface area contributed by atoms with E-state index in [1.165, 1.54) is 0 Å². The van der Waals surface area contributed by atoms with Gasteiger partial charge in [-0.2, -0.15) is 0 Å². The molecule has 0 spiro atoms. The lowest BCUT2D eigenvalue weighted by molar-refractivity contribution is 0.0964. The summed E-state index contributed by atoms with van der Waals surface area (Å²) in [4.78, 5) is 11.9. The number of carbonyl (C=O) groups is 1. The molecule has 1 rings (SSSR count). The fraction of sp³-hybridized carbons (Fsp3) is 0.214. The van der Waals surface area contributed by atoms with Crippen molar-refractivity contribution in [3.63, 3.8) is 0 Å². The maximum absolute atomic E-state index is 11.9. The number of aryl methyl sites for hydroxylation is 1. The molecule has 0 aliphatic carbocycles. The van der Waals surface area contributed by atoms with Gasteiger partial charge in [-0.25, -0.2) is 0 Å².